The molecule has 4 aromatic heterocycles. The van der Waals surface area contributed by atoms with Crippen molar-refractivity contribution in [2.45, 2.75) is 0 Å². The molecule has 0 amide bonds. The van der Waals surface area contributed by atoms with E-state index in [0.717, 1.165) is 134 Å². The lowest BCUT2D eigenvalue weighted by atomic mass is 9.90. The Morgan fingerprint density at radius 3 is 0.707 bits per heavy atom. The molecule has 0 aliphatic rings. The Kier molecular flexibility index (Phi) is 17.5. The van der Waals surface area contributed by atoms with Gasteiger partial charge in [0.2, 0.25) is 0 Å². The maximum atomic E-state index is 5.48. The predicted molar refractivity (Wildman–Crippen MR) is 485 cm³/mol. The topological polar surface area (TPSA) is 77.3 Å². The van der Waals surface area contributed by atoms with E-state index in [2.05, 4.69) is 352 Å². The number of benzene rings is 18. The van der Waals surface area contributed by atoms with E-state index in [1.807, 2.05) is 72.8 Å². The maximum Gasteiger partial charge on any atom is 0.160 e. The van der Waals surface area contributed by atoms with Crippen molar-refractivity contribution in [2.24, 2.45) is 0 Å². The predicted octanol–water partition coefficient (Wildman–Crippen LogP) is 29.0. The first kappa shape index (κ1) is 68.5. The molecule has 0 fully saturated rings. The van der Waals surface area contributed by atoms with E-state index in [4.69, 9.17) is 29.9 Å². The maximum absolute atomic E-state index is 5.48. The molecule has 22 rings (SSSR count). The molecule has 540 valence electrons. The highest BCUT2D eigenvalue weighted by Gasteiger charge is 2.22. The minimum Gasteiger partial charge on any atom is -0.247 e. The van der Waals surface area contributed by atoms with E-state index in [1.54, 1.807) is 0 Å². The van der Waals surface area contributed by atoms with Crippen LogP contribution in [0.1, 0.15) is 0 Å². The summed E-state index contributed by atoms with van der Waals surface area (Å²) in [5, 5.41) is 16.5. The molecule has 4 heterocycles. The summed E-state index contributed by atoms with van der Waals surface area (Å²) < 4.78 is 0. The number of fused-ring (bicyclic) bond motifs is 10. The van der Waals surface area contributed by atoms with Gasteiger partial charge in [-0.05, 0) is 159 Å². The van der Waals surface area contributed by atoms with Crippen molar-refractivity contribution in [2.75, 3.05) is 0 Å². The molecular formula is C110H70N6. The van der Waals surface area contributed by atoms with Gasteiger partial charge in [-0.25, -0.2) is 29.9 Å². The lowest BCUT2D eigenvalue weighted by molar-refractivity contribution is 1.18. The van der Waals surface area contributed by atoms with Gasteiger partial charge in [0.1, 0.15) is 0 Å². The second-order valence-electron chi connectivity index (χ2n) is 29.6. The molecular weight excluding hydrogens is 1410 g/mol. The minimum absolute atomic E-state index is 0.688. The summed E-state index contributed by atoms with van der Waals surface area (Å²) in [5.41, 5.74) is 24.9. The standard InChI is InChI=1S/2C55H35N3/c1-3-15-39(16-4-1)52-35-53(58-55(57-52)41-17-5-2-6-18-41)40-27-25-38(26-28-40)49-34-51(45-30-24-37-14-8-10-20-43(37)32-45)56-54-47-22-12-11-21-46(47)48(33-50(49)54)44-29-23-36-13-7-9-19-42(36)31-44;1-3-15-39(16-4-1)52-35-53(40-17-5-2-6-18-40)58-55(57-52)41-27-25-38(26-28-41)49-34-51(45-30-24-37-14-8-10-20-43(37)32-45)56-54-47-22-12-11-21-46(47)48(33-50(49)54)44-29-23-36-13-7-9-19-42(36)31-44/h2*1-35H. The van der Waals surface area contributed by atoms with Crippen molar-refractivity contribution in [1.82, 2.24) is 29.9 Å². The van der Waals surface area contributed by atoms with Crippen molar-refractivity contribution in [3.8, 4) is 135 Å². The number of hydrogen-bond acceptors (Lipinski definition) is 6. The first-order valence-electron chi connectivity index (χ1n) is 39.3. The van der Waals surface area contributed by atoms with E-state index in [9.17, 15) is 0 Å². The van der Waals surface area contributed by atoms with Gasteiger partial charge in [-0.15, -0.1) is 0 Å². The quantitative estimate of drug-likeness (QED) is 0.113. The van der Waals surface area contributed by atoms with Gasteiger partial charge in [0, 0.05) is 66.1 Å². The normalized spacial score (nSPS) is 11.4. The highest BCUT2D eigenvalue weighted by Crippen LogP contribution is 2.45. The molecule has 0 radical (unpaired) electrons. The number of nitrogens with zero attached hydrogens (tertiary/aromatic N) is 6. The van der Waals surface area contributed by atoms with Gasteiger partial charge in [-0.1, -0.05) is 364 Å². The lowest BCUT2D eigenvalue weighted by Gasteiger charge is -2.16. The average Bonchev–Trinajstić information content (AvgIpc) is 0.741. The van der Waals surface area contributed by atoms with E-state index >= 15 is 0 Å². The summed E-state index contributed by atoms with van der Waals surface area (Å²) in [6.07, 6.45) is 0. The summed E-state index contributed by atoms with van der Waals surface area (Å²) in [6.45, 7) is 0. The molecule has 0 N–H and O–H groups in total. The Bertz CT molecular complexity index is 6970. The van der Waals surface area contributed by atoms with Gasteiger partial charge >= 0.3 is 0 Å². The van der Waals surface area contributed by atoms with Gasteiger partial charge in [0.25, 0.3) is 0 Å². The van der Waals surface area contributed by atoms with Gasteiger partial charge in [-0.2, -0.15) is 0 Å². The molecule has 0 atom stereocenters. The summed E-state index contributed by atoms with van der Waals surface area (Å²) in [4.78, 5) is 31.3. The molecule has 0 bridgehead atoms. The van der Waals surface area contributed by atoms with Crippen molar-refractivity contribution < 1.29 is 0 Å². The van der Waals surface area contributed by atoms with Crippen molar-refractivity contribution >= 4 is 86.4 Å². The Morgan fingerprint density at radius 1 is 0.121 bits per heavy atom. The van der Waals surface area contributed by atoms with Crippen molar-refractivity contribution in [3.63, 3.8) is 0 Å². The van der Waals surface area contributed by atoms with Crippen LogP contribution < -0.4 is 0 Å². The molecule has 6 heteroatoms. The van der Waals surface area contributed by atoms with Crippen LogP contribution in [0.3, 0.4) is 0 Å². The minimum atomic E-state index is 0.688. The average molecular weight is 1480 g/mol. The highest BCUT2D eigenvalue weighted by molar-refractivity contribution is 6.18. The summed E-state index contributed by atoms with van der Waals surface area (Å²) in [5.74, 6) is 1.39. The van der Waals surface area contributed by atoms with Crippen LogP contribution in [0.25, 0.3) is 221 Å². The molecule has 0 saturated heterocycles. The SMILES string of the molecule is c1ccc(-c2cc(-c3ccc(-c4cc(-c5ccc6ccccc6c5)nc5c4cc(-c4ccc6ccccc6c4)c4ccccc45)cc3)nc(-c3ccccc3)n2)cc1.c1ccc(-c2cc(-c3ccccc3)nc(-c3ccc(-c4cc(-c5ccc6ccccc6c5)nc5c4cc(-c4ccc6ccccc6c4)c4ccccc45)cc3)n2)cc1. The van der Waals surface area contributed by atoms with Crippen LogP contribution in [0.2, 0.25) is 0 Å². The summed E-state index contributed by atoms with van der Waals surface area (Å²) in [7, 11) is 0. The van der Waals surface area contributed by atoms with E-state index in [0.29, 0.717) is 11.6 Å². The molecule has 116 heavy (non-hydrogen) atoms. The molecule has 0 aliphatic heterocycles. The Labute approximate surface area is 671 Å². The zero-order valence-electron chi connectivity index (χ0n) is 63.1. The van der Waals surface area contributed by atoms with Gasteiger partial charge in [-0.3, -0.25) is 0 Å². The second-order valence-corrected chi connectivity index (χ2v) is 29.6. The highest BCUT2D eigenvalue weighted by atomic mass is 14.9. The first-order chi connectivity index (χ1) is 57.4. The number of aromatic nitrogens is 6. The third-order valence-corrected chi connectivity index (χ3v) is 22.5. The number of pyridine rings is 2. The first-order valence-corrected chi connectivity index (χ1v) is 39.3. The van der Waals surface area contributed by atoms with Crippen molar-refractivity contribution in [3.05, 3.63) is 425 Å². The third-order valence-electron chi connectivity index (χ3n) is 22.5. The van der Waals surface area contributed by atoms with Crippen LogP contribution in [-0.4, -0.2) is 29.9 Å². The third kappa shape index (κ3) is 13.2. The smallest absolute Gasteiger partial charge is 0.160 e. The fraction of sp³-hybridized carbons (Fsp3) is 0. The molecule has 6 nitrogen and oxygen atoms in total. The van der Waals surface area contributed by atoms with Crippen LogP contribution >= 0.6 is 0 Å². The second kappa shape index (κ2) is 29.6. The van der Waals surface area contributed by atoms with Crippen LogP contribution in [0.5, 0.6) is 0 Å². The van der Waals surface area contributed by atoms with Gasteiger partial charge in [0.05, 0.1) is 45.2 Å². The zero-order chi connectivity index (χ0) is 76.8. The molecule has 18 aromatic carbocycles. The van der Waals surface area contributed by atoms with Crippen LogP contribution in [0.4, 0.5) is 0 Å². The molecule has 0 aliphatic carbocycles. The van der Waals surface area contributed by atoms with Crippen LogP contribution in [0, 0.1) is 0 Å². The zero-order valence-corrected chi connectivity index (χ0v) is 63.1. The van der Waals surface area contributed by atoms with E-state index in [1.165, 1.54) is 76.1 Å². The number of hydrogen-bond donors (Lipinski definition) is 0. The Hall–Kier alpha value is -15.5. The lowest BCUT2D eigenvalue weighted by Crippen LogP contribution is -1.96. The molecule has 0 spiro atoms. The van der Waals surface area contributed by atoms with Crippen LogP contribution in [0.15, 0.2) is 425 Å². The van der Waals surface area contributed by atoms with Crippen molar-refractivity contribution in [1.29, 1.82) is 0 Å². The fourth-order valence-corrected chi connectivity index (χ4v) is 16.5. The van der Waals surface area contributed by atoms with Gasteiger partial charge < -0.3 is 0 Å². The number of rotatable bonds is 12. The summed E-state index contributed by atoms with van der Waals surface area (Å²) in [6, 6.07) is 151. The Balaban J connectivity index is 0.000000145. The largest absolute Gasteiger partial charge is 0.247 e. The molecule has 0 saturated carbocycles. The molecule has 0 unspecified atom stereocenters. The van der Waals surface area contributed by atoms with Gasteiger partial charge in [0.15, 0.2) is 11.6 Å². The van der Waals surface area contributed by atoms with Crippen LogP contribution in [-0.2, 0) is 0 Å². The molecule has 22 aromatic rings. The Morgan fingerprint density at radius 2 is 0.353 bits per heavy atom. The monoisotopic (exact) mass is 1470 g/mol. The fourth-order valence-electron chi connectivity index (χ4n) is 16.5. The van der Waals surface area contributed by atoms with E-state index in [-0.39, 0.29) is 0 Å². The van der Waals surface area contributed by atoms with E-state index < -0.39 is 0 Å². The summed E-state index contributed by atoms with van der Waals surface area (Å²) >= 11 is 0.